The van der Waals surface area contributed by atoms with Gasteiger partial charge >= 0.3 is 0 Å². The molecule has 1 aliphatic rings. The zero-order chi connectivity index (χ0) is 22.3. The van der Waals surface area contributed by atoms with Crippen LogP contribution in [0, 0.1) is 5.82 Å². The van der Waals surface area contributed by atoms with E-state index < -0.39 is 33.7 Å². The van der Waals surface area contributed by atoms with E-state index in [1.54, 1.807) is 19.6 Å². The Morgan fingerprint density at radius 1 is 1.42 bits per heavy atom. The summed E-state index contributed by atoms with van der Waals surface area (Å²) in [6, 6.07) is 2.73. The van der Waals surface area contributed by atoms with E-state index in [-0.39, 0.29) is 5.02 Å². The predicted octanol–water partition coefficient (Wildman–Crippen LogP) is 2.86. The molecular weight excluding hydrogens is 463 g/mol. The Hall–Kier alpha value is -2.31. The number of carbonyl (C=O) groups is 1. The number of halogens is 2. The molecule has 1 amide bonds. The molecule has 0 spiro atoms. The van der Waals surface area contributed by atoms with Crippen molar-refractivity contribution < 1.29 is 13.4 Å². The lowest BCUT2D eigenvalue weighted by atomic mass is 10.1. The number of likely N-dealkylation sites (N-methyl/N-ethyl adjacent to an activating group) is 1. The summed E-state index contributed by atoms with van der Waals surface area (Å²) in [5.74, 6) is 2.80. The number of hydrogen-bond donors (Lipinski definition) is 2. The average molecular weight is 483 g/mol. The summed E-state index contributed by atoms with van der Waals surface area (Å²) in [5, 5.41) is 3.30. The molecule has 0 radical (unpaired) electrons. The van der Waals surface area contributed by atoms with Crippen LogP contribution >= 0.6 is 22.9 Å². The highest BCUT2D eigenvalue weighted by atomic mass is 35.5. The van der Waals surface area contributed by atoms with Crippen LogP contribution in [-0.4, -0.2) is 47.9 Å². The van der Waals surface area contributed by atoms with Crippen molar-refractivity contribution in [1.82, 2.24) is 23.6 Å². The summed E-state index contributed by atoms with van der Waals surface area (Å²) in [4.78, 5) is 22.6. The Labute approximate surface area is 188 Å². The van der Waals surface area contributed by atoms with Gasteiger partial charge in [0.15, 0.2) is 0 Å². The number of amides is 1. The van der Waals surface area contributed by atoms with E-state index in [9.17, 15) is 13.4 Å². The van der Waals surface area contributed by atoms with Crippen LogP contribution in [-0.2, 0) is 21.7 Å². The van der Waals surface area contributed by atoms with Crippen LogP contribution in [0.1, 0.15) is 17.5 Å². The summed E-state index contributed by atoms with van der Waals surface area (Å²) >= 11 is 7.22. The maximum Gasteiger partial charge on any atom is 0.242 e. The molecule has 1 aromatic carbocycles. The molecule has 0 saturated carbocycles. The van der Waals surface area contributed by atoms with Gasteiger partial charge in [-0.25, -0.2) is 27.6 Å². The number of aryl methyl sites for hydroxylation is 1. The van der Waals surface area contributed by atoms with Crippen molar-refractivity contribution in [3.05, 3.63) is 52.8 Å². The largest absolute Gasteiger partial charge is 0.340 e. The SMILES string of the molecule is C=S1(=O)NC(c2ncc(-c3cn(C)cn3)s2)CC(C(=O)Nc2ccc(F)c(Cl)c2)N1C. The number of aromatic nitrogens is 3. The van der Waals surface area contributed by atoms with Crippen molar-refractivity contribution >= 4 is 50.3 Å². The van der Waals surface area contributed by atoms with Gasteiger partial charge in [0.25, 0.3) is 0 Å². The van der Waals surface area contributed by atoms with Crippen molar-refractivity contribution in [3.63, 3.8) is 0 Å². The van der Waals surface area contributed by atoms with Crippen LogP contribution in [0.5, 0.6) is 0 Å². The summed E-state index contributed by atoms with van der Waals surface area (Å²) in [5.41, 5.74) is 1.14. The molecular formula is C19H20ClFN6O2S2. The molecule has 2 N–H and O–H groups in total. The maximum absolute atomic E-state index is 13.4. The number of hydrogen-bond acceptors (Lipinski definition) is 5. The van der Waals surface area contributed by atoms with E-state index >= 15 is 0 Å². The number of nitrogens with zero attached hydrogens (tertiary/aromatic N) is 4. The monoisotopic (exact) mass is 482 g/mol. The third-order valence-corrected chi connectivity index (χ3v) is 8.22. The zero-order valence-electron chi connectivity index (χ0n) is 16.7. The number of carbonyl (C=O) groups excluding carboxylic acids is 1. The first kappa shape index (κ1) is 21.9. The number of benzene rings is 1. The Morgan fingerprint density at radius 3 is 2.87 bits per heavy atom. The minimum atomic E-state index is -2.93. The van der Waals surface area contributed by atoms with Crippen molar-refractivity contribution in [3.8, 4) is 10.6 Å². The molecule has 164 valence electrons. The highest BCUT2D eigenvalue weighted by Crippen LogP contribution is 2.34. The van der Waals surface area contributed by atoms with Crippen LogP contribution < -0.4 is 10.0 Å². The van der Waals surface area contributed by atoms with Crippen LogP contribution in [0.15, 0.2) is 36.9 Å². The van der Waals surface area contributed by atoms with Crippen LogP contribution in [0.25, 0.3) is 10.6 Å². The van der Waals surface area contributed by atoms with Gasteiger partial charge in [-0.1, -0.05) is 11.6 Å². The standard InChI is InChI=1S/C19H20ClFN6O2S2/c1-26-9-15(23-10-26)17-8-22-19(30-17)14-7-16(27(2)31(3,29)25-14)18(28)24-11-4-5-13(21)12(20)6-11/h4-6,8-10,14,16H,3,7H2,1-2H3,(H,24,28)(H,25,29). The molecule has 1 aliphatic heterocycles. The average Bonchev–Trinajstić information content (AvgIpc) is 3.35. The minimum Gasteiger partial charge on any atom is -0.340 e. The molecule has 3 aromatic rings. The summed E-state index contributed by atoms with van der Waals surface area (Å²) in [6.45, 7) is 0. The van der Waals surface area contributed by atoms with E-state index in [2.05, 4.69) is 25.9 Å². The lowest BCUT2D eigenvalue weighted by molar-refractivity contribution is -0.120. The Balaban J connectivity index is 1.57. The third kappa shape index (κ3) is 4.51. The van der Waals surface area contributed by atoms with Crippen LogP contribution in [0.3, 0.4) is 0 Å². The molecule has 1 fully saturated rings. The second-order valence-electron chi connectivity index (χ2n) is 7.21. The smallest absolute Gasteiger partial charge is 0.242 e. The lowest BCUT2D eigenvalue weighted by Crippen LogP contribution is -2.55. The maximum atomic E-state index is 13.4. The van der Waals surface area contributed by atoms with Crippen LogP contribution in [0.4, 0.5) is 10.1 Å². The van der Waals surface area contributed by atoms with E-state index in [1.165, 1.54) is 33.8 Å². The Morgan fingerprint density at radius 2 is 2.19 bits per heavy atom. The minimum absolute atomic E-state index is 0.0971. The number of nitrogens with one attached hydrogen (secondary N) is 2. The second-order valence-corrected chi connectivity index (χ2v) is 10.8. The number of rotatable bonds is 4. The van der Waals surface area contributed by atoms with Gasteiger partial charge in [-0.2, -0.15) is 0 Å². The van der Waals surface area contributed by atoms with E-state index in [0.717, 1.165) is 10.6 Å². The van der Waals surface area contributed by atoms with Gasteiger partial charge in [0.1, 0.15) is 16.9 Å². The summed E-state index contributed by atoms with van der Waals surface area (Å²) in [6.07, 6.45) is 5.61. The first-order valence-corrected chi connectivity index (χ1v) is 12.1. The van der Waals surface area contributed by atoms with Crippen LogP contribution in [0.2, 0.25) is 5.02 Å². The number of anilines is 1. The van der Waals surface area contributed by atoms with Gasteiger partial charge in [-0.05, 0) is 30.5 Å². The molecule has 4 rings (SSSR count). The van der Waals surface area contributed by atoms with E-state index in [0.29, 0.717) is 17.1 Å². The number of imidazole rings is 1. The molecule has 0 bridgehead atoms. The number of thiazole rings is 1. The Kier molecular flexibility index (Phi) is 5.88. The molecule has 12 heteroatoms. The summed E-state index contributed by atoms with van der Waals surface area (Å²) < 4.78 is 32.7. The van der Waals surface area contributed by atoms with Gasteiger partial charge in [0.05, 0.1) is 37.9 Å². The van der Waals surface area contributed by atoms with Gasteiger partial charge in [-0.15, -0.1) is 11.3 Å². The quantitative estimate of drug-likeness (QED) is 0.559. The van der Waals surface area contributed by atoms with Gasteiger partial charge in [-0.3, -0.25) is 4.79 Å². The first-order chi connectivity index (χ1) is 14.6. The first-order valence-electron chi connectivity index (χ1n) is 9.21. The zero-order valence-corrected chi connectivity index (χ0v) is 19.1. The topological polar surface area (TPSA) is 92.1 Å². The fraction of sp³-hybridized carbons (Fsp3) is 0.263. The lowest BCUT2D eigenvalue weighted by Gasteiger charge is -2.38. The highest BCUT2D eigenvalue weighted by molar-refractivity contribution is 7.96. The van der Waals surface area contributed by atoms with Gasteiger partial charge in [0.2, 0.25) is 5.91 Å². The van der Waals surface area contributed by atoms with Gasteiger partial charge < -0.3 is 9.88 Å². The Bertz CT molecular complexity index is 1240. The molecule has 1 saturated heterocycles. The fourth-order valence-electron chi connectivity index (χ4n) is 3.26. The molecule has 3 heterocycles. The van der Waals surface area contributed by atoms with Gasteiger partial charge in [0, 0.05) is 32.2 Å². The van der Waals surface area contributed by atoms with Crippen molar-refractivity contribution in [1.29, 1.82) is 0 Å². The molecule has 3 unspecified atom stereocenters. The molecule has 3 atom stereocenters. The second kappa shape index (κ2) is 8.32. The summed E-state index contributed by atoms with van der Waals surface area (Å²) in [7, 11) is 0.524. The normalized spacial score (nSPS) is 24.3. The predicted molar refractivity (Wildman–Crippen MR) is 122 cm³/mol. The van der Waals surface area contributed by atoms with E-state index in [1.807, 2.05) is 17.8 Å². The molecule has 31 heavy (non-hydrogen) atoms. The highest BCUT2D eigenvalue weighted by Gasteiger charge is 2.38. The molecule has 8 nitrogen and oxygen atoms in total. The fourth-order valence-corrected chi connectivity index (χ4v) is 5.87. The third-order valence-electron chi connectivity index (χ3n) is 4.96. The van der Waals surface area contributed by atoms with Crippen molar-refractivity contribution in [2.45, 2.75) is 18.5 Å². The molecule has 2 aromatic heterocycles. The molecule has 0 aliphatic carbocycles. The van der Waals surface area contributed by atoms with E-state index in [4.69, 9.17) is 11.6 Å². The van der Waals surface area contributed by atoms with Crippen molar-refractivity contribution in [2.75, 3.05) is 12.4 Å². The van der Waals surface area contributed by atoms with Crippen molar-refractivity contribution in [2.24, 2.45) is 7.05 Å².